The van der Waals surface area contributed by atoms with E-state index in [1.807, 2.05) is 0 Å². The zero-order valence-electron chi connectivity index (χ0n) is 8.53. The maximum Gasteiger partial charge on any atom is 0.131 e. The van der Waals surface area contributed by atoms with Gasteiger partial charge in [0.15, 0.2) is 0 Å². The summed E-state index contributed by atoms with van der Waals surface area (Å²) in [4.78, 5) is 0. The first kappa shape index (κ1) is 10.4. The number of hydrogen-bond acceptors (Lipinski definition) is 3. The standard InChI is InChI=1S/C11H14FNO2/c1-15-9-4-2-3-8(12)10(9)11(13)5-7(14)6-11/h2-4,7,14H,5-6,13H2,1H3. The van der Waals surface area contributed by atoms with Crippen LogP contribution >= 0.6 is 0 Å². The molecule has 3 nitrogen and oxygen atoms in total. The Kier molecular flexibility index (Phi) is 2.40. The van der Waals surface area contributed by atoms with E-state index in [9.17, 15) is 9.50 Å². The van der Waals surface area contributed by atoms with Crippen molar-refractivity contribution in [3.8, 4) is 5.75 Å². The van der Waals surface area contributed by atoms with Crippen molar-refractivity contribution in [3.05, 3.63) is 29.6 Å². The van der Waals surface area contributed by atoms with Crippen molar-refractivity contribution in [1.82, 2.24) is 0 Å². The molecule has 0 saturated heterocycles. The highest BCUT2D eigenvalue weighted by atomic mass is 19.1. The van der Waals surface area contributed by atoms with Crippen LogP contribution in [0, 0.1) is 5.82 Å². The highest BCUT2D eigenvalue weighted by molar-refractivity contribution is 5.42. The fourth-order valence-corrected chi connectivity index (χ4v) is 2.14. The van der Waals surface area contributed by atoms with Crippen molar-refractivity contribution >= 4 is 0 Å². The van der Waals surface area contributed by atoms with Gasteiger partial charge in [-0.1, -0.05) is 6.07 Å². The number of halogens is 1. The average Bonchev–Trinajstić information content (AvgIpc) is 2.14. The van der Waals surface area contributed by atoms with E-state index >= 15 is 0 Å². The summed E-state index contributed by atoms with van der Waals surface area (Å²) in [6.07, 6.45) is 0.327. The fourth-order valence-electron chi connectivity index (χ4n) is 2.14. The third kappa shape index (κ3) is 1.60. The summed E-state index contributed by atoms with van der Waals surface area (Å²) in [6.45, 7) is 0. The minimum Gasteiger partial charge on any atom is -0.496 e. The number of methoxy groups -OCH3 is 1. The van der Waals surface area contributed by atoms with Crippen molar-refractivity contribution in [2.45, 2.75) is 24.5 Å². The van der Waals surface area contributed by atoms with E-state index in [0.717, 1.165) is 0 Å². The number of ether oxygens (including phenoxy) is 1. The number of aliphatic hydroxyl groups is 1. The molecule has 3 N–H and O–H groups in total. The first-order valence-electron chi connectivity index (χ1n) is 4.87. The summed E-state index contributed by atoms with van der Waals surface area (Å²) in [5.41, 5.74) is 5.60. The molecule has 0 aromatic heterocycles. The van der Waals surface area contributed by atoms with E-state index in [-0.39, 0.29) is 5.82 Å². The molecule has 0 aliphatic heterocycles. The Morgan fingerprint density at radius 2 is 2.20 bits per heavy atom. The lowest BCUT2D eigenvalue weighted by Gasteiger charge is -2.43. The van der Waals surface area contributed by atoms with Gasteiger partial charge in [0, 0.05) is 5.56 Å². The summed E-state index contributed by atoms with van der Waals surface area (Å²) in [5, 5.41) is 9.26. The number of aliphatic hydroxyl groups excluding tert-OH is 1. The Hall–Kier alpha value is -1.13. The van der Waals surface area contributed by atoms with Gasteiger partial charge in [-0.05, 0) is 25.0 Å². The molecule has 4 heteroatoms. The molecule has 0 atom stereocenters. The number of nitrogens with two attached hydrogens (primary N) is 1. The molecule has 0 bridgehead atoms. The first-order chi connectivity index (χ1) is 7.07. The highest BCUT2D eigenvalue weighted by Gasteiger charge is 2.44. The fraction of sp³-hybridized carbons (Fsp3) is 0.455. The second kappa shape index (κ2) is 3.47. The summed E-state index contributed by atoms with van der Waals surface area (Å²) in [6, 6.07) is 4.62. The van der Waals surface area contributed by atoms with Crippen LogP contribution in [0.4, 0.5) is 4.39 Å². The van der Waals surface area contributed by atoms with Gasteiger partial charge in [0.05, 0.1) is 18.8 Å². The quantitative estimate of drug-likeness (QED) is 0.771. The van der Waals surface area contributed by atoms with Gasteiger partial charge in [0.1, 0.15) is 11.6 Å². The van der Waals surface area contributed by atoms with Crippen LogP contribution < -0.4 is 10.5 Å². The van der Waals surface area contributed by atoms with Crippen LogP contribution in [0.2, 0.25) is 0 Å². The Morgan fingerprint density at radius 1 is 1.53 bits per heavy atom. The van der Waals surface area contributed by atoms with E-state index in [1.165, 1.54) is 13.2 Å². The van der Waals surface area contributed by atoms with Crippen molar-refractivity contribution in [2.24, 2.45) is 5.73 Å². The van der Waals surface area contributed by atoms with Crippen LogP contribution in [0.1, 0.15) is 18.4 Å². The lowest BCUT2D eigenvalue weighted by Crippen LogP contribution is -2.52. The van der Waals surface area contributed by atoms with Crippen LogP contribution in [0.3, 0.4) is 0 Å². The Balaban J connectivity index is 2.42. The van der Waals surface area contributed by atoms with Gasteiger partial charge in [0.25, 0.3) is 0 Å². The Morgan fingerprint density at radius 3 is 2.73 bits per heavy atom. The molecular weight excluding hydrogens is 197 g/mol. The molecule has 0 radical (unpaired) electrons. The minimum absolute atomic E-state index is 0.372. The predicted octanol–water partition coefficient (Wildman–Crippen LogP) is 1.14. The monoisotopic (exact) mass is 211 g/mol. The summed E-state index contributed by atoms with van der Waals surface area (Å²) >= 11 is 0. The maximum absolute atomic E-state index is 13.6. The van der Waals surface area contributed by atoms with Crippen LogP contribution in [0.25, 0.3) is 0 Å². The zero-order valence-corrected chi connectivity index (χ0v) is 8.53. The van der Waals surface area contributed by atoms with Crippen molar-refractivity contribution in [1.29, 1.82) is 0 Å². The molecule has 1 saturated carbocycles. The van der Waals surface area contributed by atoms with Gasteiger partial charge in [-0.25, -0.2) is 4.39 Å². The smallest absolute Gasteiger partial charge is 0.131 e. The molecule has 1 aromatic rings. The van der Waals surface area contributed by atoms with Crippen molar-refractivity contribution < 1.29 is 14.2 Å². The van der Waals surface area contributed by atoms with Gasteiger partial charge >= 0.3 is 0 Å². The summed E-state index contributed by atoms with van der Waals surface area (Å²) in [5.74, 6) is 0.0770. The van der Waals surface area contributed by atoms with E-state index in [0.29, 0.717) is 24.2 Å². The van der Waals surface area contributed by atoms with Crippen LogP contribution in [0.5, 0.6) is 5.75 Å². The molecule has 1 aromatic carbocycles. The van der Waals surface area contributed by atoms with Gasteiger partial charge in [-0.2, -0.15) is 0 Å². The molecule has 1 aliphatic carbocycles. The zero-order chi connectivity index (χ0) is 11.1. The Bertz CT molecular complexity index is 375. The molecule has 82 valence electrons. The third-order valence-corrected chi connectivity index (χ3v) is 2.89. The molecule has 1 fully saturated rings. The molecule has 1 aliphatic rings. The van der Waals surface area contributed by atoms with Gasteiger partial charge in [-0.3, -0.25) is 0 Å². The number of hydrogen-bond donors (Lipinski definition) is 2. The van der Waals surface area contributed by atoms with Crippen LogP contribution in [-0.2, 0) is 5.54 Å². The summed E-state index contributed by atoms with van der Waals surface area (Å²) in [7, 11) is 1.48. The average molecular weight is 211 g/mol. The highest BCUT2D eigenvalue weighted by Crippen LogP contribution is 2.43. The van der Waals surface area contributed by atoms with Gasteiger partial charge in [-0.15, -0.1) is 0 Å². The topological polar surface area (TPSA) is 55.5 Å². The molecule has 0 unspecified atom stereocenters. The first-order valence-corrected chi connectivity index (χ1v) is 4.87. The number of benzene rings is 1. The SMILES string of the molecule is COc1cccc(F)c1C1(N)CC(O)C1. The second-order valence-electron chi connectivity index (χ2n) is 4.04. The molecular formula is C11H14FNO2. The van der Waals surface area contributed by atoms with Gasteiger partial charge < -0.3 is 15.6 Å². The van der Waals surface area contributed by atoms with E-state index < -0.39 is 11.6 Å². The van der Waals surface area contributed by atoms with E-state index in [1.54, 1.807) is 12.1 Å². The summed E-state index contributed by atoms with van der Waals surface area (Å²) < 4.78 is 18.7. The van der Waals surface area contributed by atoms with Crippen LogP contribution in [-0.4, -0.2) is 18.3 Å². The molecule has 15 heavy (non-hydrogen) atoms. The normalized spacial score (nSPS) is 29.7. The molecule has 0 amide bonds. The maximum atomic E-state index is 13.6. The predicted molar refractivity (Wildman–Crippen MR) is 54.1 cm³/mol. The van der Waals surface area contributed by atoms with E-state index in [4.69, 9.17) is 10.5 Å². The molecule has 2 rings (SSSR count). The molecule has 0 heterocycles. The van der Waals surface area contributed by atoms with Crippen molar-refractivity contribution in [2.75, 3.05) is 7.11 Å². The number of rotatable bonds is 2. The lowest BCUT2D eigenvalue weighted by molar-refractivity contribution is 0.0181. The third-order valence-electron chi connectivity index (χ3n) is 2.89. The lowest BCUT2D eigenvalue weighted by atomic mass is 9.70. The second-order valence-corrected chi connectivity index (χ2v) is 4.04. The van der Waals surface area contributed by atoms with Gasteiger partial charge in [0.2, 0.25) is 0 Å². The van der Waals surface area contributed by atoms with Crippen molar-refractivity contribution in [3.63, 3.8) is 0 Å². The molecule has 0 spiro atoms. The minimum atomic E-state index is -0.782. The van der Waals surface area contributed by atoms with E-state index in [2.05, 4.69) is 0 Å². The largest absolute Gasteiger partial charge is 0.496 e. The van der Waals surface area contributed by atoms with Crippen LogP contribution in [0.15, 0.2) is 18.2 Å². The Labute approximate surface area is 87.7 Å².